The molecule has 1 saturated heterocycles. The molecule has 0 unspecified atom stereocenters. The van der Waals surface area contributed by atoms with Crippen LogP contribution in [0.5, 0.6) is 11.8 Å². The van der Waals surface area contributed by atoms with Crippen LogP contribution in [0.15, 0.2) is 36.4 Å². The summed E-state index contributed by atoms with van der Waals surface area (Å²) in [7, 11) is -4.15. The van der Waals surface area contributed by atoms with Crippen LogP contribution in [0.4, 0.5) is 22.4 Å². The number of sulfonamides is 1. The fourth-order valence-electron chi connectivity index (χ4n) is 8.32. The molecule has 336 valence electrons. The van der Waals surface area contributed by atoms with Gasteiger partial charge in [-0.25, -0.2) is 30.8 Å². The summed E-state index contributed by atoms with van der Waals surface area (Å²) in [5, 5.41) is 14.2. The predicted octanol–water partition coefficient (Wildman–Crippen LogP) is 6.55. The second-order valence-electron chi connectivity index (χ2n) is 17.8. The van der Waals surface area contributed by atoms with E-state index < -0.39 is 105 Å². The number of allylic oxidation sites excluding steroid dienone is 1. The zero-order chi connectivity index (χ0) is 45.0. The molecular weight excluding hydrogens is 850 g/mol. The lowest BCUT2D eigenvalue weighted by atomic mass is 9.84. The third kappa shape index (κ3) is 9.23. The maximum Gasteiger partial charge on any atom is 0.408 e. The lowest BCUT2D eigenvalue weighted by Gasteiger charge is -2.47. The summed E-state index contributed by atoms with van der Waals surface area (Å²) < 4.78 is 96.1. The van der Waals surface area contributed by atoms with Crippen LogP contribution in [0.25, 0.3) is 10.8 Å². The van der Waals surface area contributed by atoms with Gasteiger partial charge in [-0.1, -0.05) is 43.7 Å². The first-order valence-electron chi connectivity index (χ1n) is 20.2. The Morgan fingerprint density at radius 1 is 1.15 bits per heavy atom. The molecule has 6 rings (SSSR count). The molecule has 1 aromatic heterocycles. The van der Waals surface area contributed by atoms with Gasteiger partial charge in [-0.15, -0.1) is 0 Å². The van der Waals surface area contributed by atoms with Gasteiger partial charge in [0.1, 0.15) is 29.3 Å². The summed E-state index contributed by atoms with van der Waals surface area (Å²) in [4.78, 5) is 62.7. The molecular formula is C41H52ClF4N5O9S. The van der Waals surface area contributed by atoms with E-state index in [0.717, 1.165) is 18.7 Å². The number of alkyl halides is 4. The first kappa shape index (κ1) is 46.1. The van der Waals surface area contributed by atoms with E-state index >= 15 is 13.6 Å². The van der Waals surface area contributed by atoms with Crippen molar-refractivity contribution in [3.8, 4) is 11.8 Å². The van der Waals surface area contributed by atoms with Crippen LogP contribution in [0.1, 0.15) is 86.5 Å². The summed E-state index contributed by atoms with van der Waals surface area (Å²) in [6.45, 7) is 6.13. The van der Waals surface area contributed by atoms with Gasteiger partial charge in [-0.05, 0) is 83.3 Å². The third-order valence-corrected chi connectivity index (χ3v) is 15.3. The third-order valence-electron chi connectivity index (χ3n) is 12.8. The van der Waals surface area contributed by atoms with Crippen LogP contribution in [0.3, 0.4) is 0 Å². The van der Waals surface area contributed by atoms with Crippen LogP contribution in [0.2, 0.25) is 5.02 Å². The van der Waals surface area contributed by atoms with Crippen molar-refractivity contribution < 1.29 is 59.7 Å². The summed E-state index contributed by atoms with van der Waals surface area (Å²) in [6.07, 6.45) is -0.613. The highest BCUT2D eigenvalue weighted by molar-refractivity contribution is 7.91. The minimum absolute atomic E-state index is 0.0256. The van der Waals surface area contributed by atoms with Gasteiger partial charge in [-0.3, -0.25) is 24.0 Å². The van der Waals surface area contributed by atoms with Gasteiger partial charge < -0.3 is 24.8 Å². The highest BCUT2D eigenvalue weighted by atomic mass is 35.5. The van der Waals surface area contributed by atoms with Crippen LogP contribution in [-0.4, -0.2) is 112 Å². The van der Waals surface area contributed by atoms with Gasteiger partial charge in [0, 0.05) is 41.1 Å². The number of fused-ring (bicyclic) bond motifs is 3. The number of benzene rings is 1. The van der Waals surface area contributed by atoms with Crippen LogP contribution < -0.4 is 19.5 Å². The molecule has 3 heterocycles. The van der Waals surface area contributed by atoms with Gasteiger partial charge in [0.2, 0.25) is 33.6 Å². The van der Waals surface area contributed by atoms with Crippen LogP contribution in [-0.2, 0) is 24.4 Å². The van der Waals surface area contributed by atoms with E-state index in [2.05, 4.69) is 15.0 Å². The van der Waals surface area contributed by atoms with E-state index in [1.54, 1.807) is 31.2 Å². The van der Waals surface area contributed by atoms with Crippen molar-refractivity contribution in [2.75, 3.05) is 13.2 Å². The molecule has 2 saturated carbocycles. The number of pyridine rings is 1. The molecule has 2 aliphatic heterocycles. The van der Waals surface area contributed by atoms with E-state index in [1.165, 1.54) is 13.0 Å². The molecule has 3 fully saturated rings. The molecule has 0 spiro atoms. The van der Waals surface area contributed by atoms with E-state index in [4.69, 9.17) is 21.1 Å². The number of amides is 4. The Balaban J connectivity index is 1.44. The minimum atomic E-state index is -4.15. The number of rotatable bonds is 11. The maximum atomic E-state index is 15.4. The van der Waals surface area contributed by atoms with Crippen LogP contribution in [0, 0.1) is 17.8 Å². The summed E-state index contributed by atoms with van der Waals surface area (Å²) in [5.41, 5.74) is -4.19. The SMILES string of the molecule is C[C@H]1CC/C=C\[C@@H]2C[C@@]2(C(=O)NS(=O)(=O)C2(C)CC2)NC(=O)[C@@H]2C[C@@H](Oc3nc(OCC(F)F)cc4c(Cl)cccc34)CN2C(=O)[C@@H](N(C(=O)O)C(C)(C)C(C)(F)F)[C@H](C)C1. The monoisotopic (exact) mass is 901 g/mol. The largest absolute Gasteiger partial charge is 0.472 e. The zero-order valence-corrected chi connectivity index (χ0v) is 36.3. The minimum Gasteiger partial charge on any atom is -0.472 e. The highest BCUT2D eigenvalue weighted by Gasteiger charge is 2.63. The zero-order valence-electron chi connectivity index (χ0n) is 34.7. The molecule has 4 aliphatic rings. The molecule has 61 heavy (non-hydrogen) atoms. The normalized spacial score (nSPS) is 28.8. The van der Waals surface area contributed by atoms with E-state index in [0.29, 0.717) is 48.3 Å². The van der Waals surface area contributed by atoms with Crippen molar-refractivity contribution in [2.45, 2.75) is 133 Å². The summed E-state index contributed by atoms with van der Waals surface area (Å²) >= 11 is 6.46. The number of nitrogens with one attached hydrogen (secondary N) is 2. The molecule has 0 bridgehead atoms. The maximum absolute atomic E-state index is 15.4. The molecule has 0 radical (unpaired) electrons. The fraction of sp³-hybridized carbons (Fsp3) is 0.634. The summed E-state index contributed by atoms with van der Waals surface area (Å²) in [6, 6.07) is 2.78. The Hall–Kier alpha value is -4.39. The Bertz CT molecular complexity index is 2200. The van der Waals surface area contributed by atoms with Crippen molar-refractivity contribution >= 4 is 56.2 Å². The standard InChI is InChI=1S/C41H52ClF4N5O9S/c1-22-10-7-8-11-24-19-41(24,36(54)49-61(57,58)39(5)14-15-39)48-33(52)29-17-25(60-34-26-12-9-13-28(42)27(26)18-31(47-34)59-21-30(43)44)20-50(29)35(53)32(23(2)16-22)51(37(55)56)38(3,4)40(6,45)46/h8-9,11-13,18,22-25,29-30,32H,7,10,14-17,19-21H2,1-6H3,(H,48,52)(H,49,54)(H,55,56)/b11-8-/t22-,23+,24+,25+,29-,32-,41+/m0/s1. The number of carbonyl (C=O) groups is 4. The molecule has 4 amide bonds. The first-order chi connectivity index (χ1) is 28.3. The molecule has 7 atom stereocenters. The topological polar surface area (TPSA) is 185 Å². The van der Waals surface area contributed by atoms with Gasteiger partial charge in [-0.2, -0.15) is 4.98 Å². The average Bonchev–Trinajstić information content (AvgIpc) is 4.04. The Kier molecular flexibility index (Phi) is 12.6. The first-order valence-corrected chi connectivity index (χ1v) is 22.1. The molecule has 3 N–H and O–H groups in total. The number of halogens is 5. The number of aromatic nitrogens is 1. The molecule has 20 heteroatoms. The van der Waals surface area contributed by atoms with Gasteiger partial charge in [0.15, 0.2) is 6.61 Å². The number of carbonyl (C=O) groups excluding carboxylic acids is 3. The number of hydrogen-bond acceptors (Lipinski definition) is 9. The quantitative estimate of drug-likeness (QED) is 0.165. The van der Waals surface area contributed by atoms with Crippen molar-refractivity contribution in [3.63, 3.8) is 0 Å². The lowest BCUT2D eigenvalue weighted by molar-refractivity contribution is -0.156. The molecule has 14 nitrogen and oxygen atoms in total. The average molecular weight is 902 g/mol. The Labute approximate surface area is 356 Å². The highest BCUT2D eigenvalue weighted by Crippen LogP contribution is 2.48. The van der Waals surface area contributed by atoms with Crippen molar-refractivity contribution in [3.05, 3.63) is 41.4 Å². The second kappa shape index (κ2) is 16.7. The van der Waals surface area contributed by atoms with Crippen molar-refractivity contribution in [1.29, 1.82) is 0 Å². The fourth-order valence-corrected chi connectivity index (χ4v) is 9.86. The molecule has 2 aromatic rings. The van der Waals surface area contributed by atoms with Crippen molar-refractivity contribution in [1.82, 2.24) is 24.8 Å². The Morgan fingerprint density at radius 3 is 2.46 bits per heavy atom. The Morgan fingerprint density at radius 2 is 1.84 bits per heavy atom. The predicted molar refractivity (Wildman–Crippen MR) is 216 cm³/mol. The summed E-state index contributed by atoms with van der Waals surface area (Å²) in [5.74, 6) is -8.60. The lowest BCUT2D eigenvalue weighted by Crippen LogP contribution is -2.66. The second-order valence-corrected chi connectivity index (χ2v) is 20.4. The van der Waals surface area contributed by atoms with Crippen molar-refractivity contribution in [2.24, 2.45) is 17.8 Å². The number of nitrogens with zero attached hydrogens (tertiary/aromatic N) is 3. The molecule has 2 aliphatic carbocycles. The molecule has 1 aromatic carbocycles. The van der Waals surface area contributed by atoms with E-state index in [1.807, 2.05) is 13.0 Å². The van der Waals surface area contributed by atoms with Gasteiger partial charge in [0.05, 0.1) is 11.3 Å². The number of ether oxygens (including phenoxy) is 2. The van der Waals surface area contributed by atoms with Crippen LogP contribution >= 0.6 is 11.6 Å². The van der Waals surface area contributed by atoms with E-state index in [9.17, 15) is 36.7 Å². The van der Waals surface area contributed by atoms with Gasteiger partial charge in [0.25, 0.3) is 18.3 Å². The number of hydrogen-bond donors (Lipinski definition) is 3. The smallest absolute Gasteiger partial charge is 0.408 e. The van der Waals surface area contributed by atoms with Gasteiger partial charge >= 0.3 is 6.09 Å². The van der Waals surface area contributed by atoms with E-state index in [-0.39, 0.29) is 42.0 Å². The number of carboxylic acid groups (broad SMARTS) is 1.